The molecule has 4 N–H and O–H groups in total. The van der Waals surface area contributed by atoms with Crippen LogP contribution in [0.25, 0.3) is 0 Å². The van der Waals surface area contributed by atoms with Gasteiger partial charge >= 0.3 is 80.4 Å². The van der Waals surface area contributed by atoms with Gasteiger partial charge in [0.15, 0.2) is 0 Å². The van der Waals surface area contributed by atoms with Crippen molar-refractivity contribution in [3.63, 3.8) is 0 Å². The van der Waals surface area contributed by atoms with Crippen molar-refractivity contribution in [1.82, 2.24) is 0 Å². The molecule has 0 fully saturated rings. The fourth-order valence-electron chi connectivity index (χ4n) is 0. The molecule has 0 saturated carbocycles. The zero-order valence-electron chi connectivity index (χ0n) is 2.99. The first-order chi connectivity index (χ1) is 2.00. The van der Waals surface area contributed by atoms with Crippen molar-refractivity contribution in [2.75, 3.05) is 0 Å². The quantitative estimate of drug-likeness (QED) is 0.445. The Kier molecular flexibility index (Phi) is 23.9. The van der Waals surface area contributed by atoms with E-state index in [2.05, 4.69) is 0 Å². The molecule has 0 spiro atoms. The predicted molar refractivity (Wildman–Crippen MR) is 17.1 cm³/mol. The van der Waals surface area contributed by atoms with Crippen molar-refractivity contribution < 1.29 is 39.9 Å². The molecule has 0 aromatic carbocycles. The summed E-state index contributed by atoms with van der Waals surface area (Å²) in [5.74, 6) is 0. The summed E-state index contributed by atoms with van der Waals surface area (Å²) in [5.41, 5.74) is 0. The van der Waals surface area contributed by atoms with Gasteiger partial charge in [-0.3, -0.25) is 0 Å². The molecule has 6 nitrogen and oxygen atoms in total. The maximum absolute atomic E-state index is 8.63. The Morgan fingerprint density at radius 2 is 0.750 bits per heavy atom. The molecule has 0 amide bonds. The van der Waals surface area contributed by atoms with Crippen LogP contribution in [-0.2, 0) is 29.0 Å². The molecule has 0 saturated heterocycles. The van der Waals surface area contributed by atoms with E-state index in [-0.39, 0.29) is 62.3 Å². The van der Waals surface area contributed by atoms with Crippen molar-refractivity contribution in [1.29, 1.82) is 0 Å². The summed E-state index contributed by atoms with van der Waals surface area (Å²) < 4.78 is 34.5. The monoisotopic (exact) mass is 332 g/mol. The molecule has 0 bridgehead atoms. The molecule has 0 radical (unpaired) electrons. The van der Waals surface area contributed by atoms with Crippen molar-refractivity contribution in [2.24, 2.45) is 0 Å². The summed E-state index contributed by atoms with van der Waals surface area (Å²) in [6.45, 7) is 0. The van der Waals surface area contributed by atoms with Gasteiger partial charge in [-0.2, -0.15) is 0 Å². The Morgan fingerprint density at radius 1 is 0.750 bits per heavy atom. The Balaban J connectivity index is -0.0000000267. The average molecular weight is 330 g/mol. The molecule has 0 heterocycles. The molecule has 0 unspecified atom stereocenters. The first-order valence-corrected chi connectivity index (χ1v) is 4.73. The summed E-state index contributed by atoms with van der Waals surface area (Å²) in [6.07, 6.45) is 0. The molecule has 0 aliphatic rings. The van der Waals surface area contributed by atoms with Crippen LogP contribution in [-0.4, -0.2) is 62.3 Å². The fourth-order valence-corrected chi connectivity index (χ4v) is 0. The zero-order chi connectivity index (χ0) is 4.50. The molecule has 0 rings (SSSR count). The van der Waals surface area contributed by atoms with Crippen molar-refractivity contribution >= 4 is 51.4 Å². The van der Waals surface area contributed by atoms with Gasteiger partial charge < -0.3 is 11.0 Å². The van der Waals surface area contributed by atoms with Gasteiger partial charge in [0.25, 0.3) is 0 Å². The third kappa shape index (κ3) is 156. The van der Waals surface area contributed by atoms with Gasteiger partial charge in [0, 0.05) is 0 Å². The second-order valence-electron chi connectivity index (χ2n) is 0.354. The number of rotatable bonds is 0. The molecule has 0 aliphatic heterocycles. The summed E-state index contributed by atoms with van der Waals surface area (Å²) >= 11 is -6.06. The fraction of sp³-hybridized carbons (Fsp3) is 0. The third-order valence-corrected chi connectivity index (χ3v) is 0. The third-order valence-electron chi connectivity index (χ3n) is 0. The maximum atomic E-state index is 8.63. The molecular weight excluding hydrogens is 325 g/mol. The van der Waals surface area contributed by atoms with Crippen LogP contribution in [0, 0.1) is 0 Å². The van der Waals surface area contributed by atoms with Gasteiger partial charge in [0.2, 0.25) is 0 Å². The molecule has 0 aliphatic carbocycles. The molecule has 0 aromatic rings. The van der Waals surface area contributed by atoms with Gasteiger partial charge in [-0.05, 0) is 0 Å². The number of hydrogen-bond donors (Lipinski definition) is 0. The first-order valence-electron chi connectivity index (χ1n) is 0.577. The van der Waals surface area contributed by atoms with Gasteiger partial charge in [0.1, 0.15) is 0 Å². The minimum absolute atomic E-state index is 0. The van der Waals surface area contributed by atoms with Crippen LogP contribution in [0.4, 0.5) is 0 Å². The zero-order valence-corrected chi connectivity index (χ0v) is 5.53. The van der Waals surface area contributed by atoms with E-state index in [4.69, 9.17) is 14.2 Å². The van der Waals surface area contributed by atoms with Crippen LogP contribution in [0.2, 0.25) is 0 Å². The normalized spacial score (nSPS) is 7.00. The SMILES string of the molecule is O.O.[KH].[O]=[Os](=[O])(=[O])=[O]. The Hall–Kier alpha value is 1.39. The Morgan fingerprint density at radius 3 is 0.750 bits per heavy atom. The van der Waals surface area contributed by atoms with Crippen LogP contribution in [0.15, 0.2) is 0 Å². The van der Waals surface area contributed by atoms with E-state index in [9.17, 15) is 0 Å². The van der Waals surface area contributed by atoms with Gasteiger partial charge in [-0.1, -0.05) is 0 Å². The second-order valence-corrected chi connectivity index (χ2v) is 2.89. The van der Waals surface area contributed by atoms with Crippen LogP contribution in [0.3, 0.4) is 0 Å². The Bertz CT molecular complexity index is 160. The molecular formula is H5KO6Os. The summed E-state index contributed by atoms with van der Waals surface area (Å²) in [5, 5.41) is 0. The van der Waals surface area contributed by atoms with E-state index in [1.54, 1.807) is 0 Å². The Labute approximate surface area is 89.7 Å². The van der Waals surface area contributed by atoms with Gasteiger partial charge in [-0.25, -0.2) is 0 Å². The summed E-state index contributed by atoms with van der Waals surface area (Å²) in [7, 11) is 0. The summed E-state index contributed by atoms with van der Waals surface area (Å²) in [4.78, 5) is 0. The average Bonchev–Trinajstić information content (AvgIpc) is 0.722. The molecule has 0 atom stereocenters. The van der Waals surface area contributed by atoms with Crippen LogP contribution >= 0.6 is 0 Å². The standard InChI is InChI=1S/K.2H2O.4O.Os.H/h;2*1H2;;;;;;. The minimum atomic E-state index is -6.06. The van der Waals surface area contributed by atoms with Crippen LogP contribution < -0.4 is 0 Å². The van der Waals surface area contributed by atoms with Gasteiger partial charge in [0.05, 0.1) is 0 Å². The molecule has 0 aromatic heterocycles. The van der Waals surface area contributed by atoms with E-state index < -0.39 is 14.8 Å². The summed E-state index contributed by atoms with van der Waals surface area (Å²) in [6, 6.07) is 0. The molecule has 8 heavy (non-hydrogen) atoms. The molecule has 50 valence electrons. The van der Waals surface area contributed by atoms with E-state index in [1.807, 2.05) is 0 Å². The molecule has 8 heteroatoms. The van der Waals surface area contributed by atoms with E-state index in [1.165, 1.54) is 0 Å². The van der Waals surface area contributed by atoms with Gasteiger partial charge in [-0.15, -0.1) is 0 Å². The van der Waals surface area contributed by atoms with Crippen molar-refractivity contribution in [2.45, 2.75) is 0 Å². The van der Waals surface area contributed by atoms with Crippen LogP contribution in [0.1, 0.15) is 0 Å². The predicted octanol–water partition coefficient (Wildman–Crippen LogP) is -2.78. The van der Waals surface area contributed by atoms with Crippen LogP contribution in [0.5, 0.6) is 0 Å². The topological polar surface area (TPSA) is 131 Å². The van der Waals surface area contributed by atoms with Crippen molar-refractivity contribution in [3.05, 3.63) is 0 Å². The van der Waals surface area contributed by atoms with Crippen molar-refractivity contribution in [3.8, 4) is 0 Å². The van der Waals surface area contributed by atoms with E-state index in [0.29, 0.717) is 0 Å². The number of hydrogen-bond acceptors (Lipinski definition) is 4. The second kappa shape index (κ2) is 8.39. The van der Waals surface area contributed by atoms with E-state index in [0.717, 1.165) is 0 Å². The van der Waals surface area contributed by atoms with E-state index >= 15 is 0 Å². The first kappa shape index (κ1) is 22.7.